The van der Waals surface area contributed by atoms with Crippen LogP contribution in [0.3, 0.4) is 0 Å². The van der Waals surface area contributed by atoms with Crippen molar-refractivity contribution in [2.24, 2.45) is 17.8 Å². The molecule has 3 rings (SSSR count). The lowest BCUT2D eigenvalue weighted by Crippen LogP contribution is -2.29. The van der Waals surface area contributed by atoms with E-state index in [1.165, 1.54) is 77.2 Å². The van der Waals surface area contributed by atoms with Crippen LogP contribution in [0.5, 0.6) is 0 Å². The number of nitrogens with zero attached hydrogens (tertiary/aromatic N) is 1. The van der Waals surface area contributed by atoms with E-state index in [-0.39, 0.29) is 0 Å². The lowest BCUT2D eigenvalue weighted by molar-refractivity contribution is 0.273. The number of unbranched alkanes of at least 4 members (excludes halogenated alkanes) is 4. The smallest absolute Gasteiger partial charge is 0.0156 e. The molecule has 1 heteroatoms. The molecule has 2 aliphatic carbocycles. The third-order valence-electron chi connectivity index (χ3n) is 7.79. The highest BCUT2D eigenvalue weighted by atomic mass is 15.2. The summed E-state index contributed by atoms with van der Waals surface area (Å²) in [5.74, 6) is 2.16. The Bertz CT molecular complexity index is 674. The topological polar surface area (TPSA) is 3.24 Å². The monoisotopic (exact) mass is 540 g/mol. The molecule has 0 aromatic carbocycles. The fourth-order valence-corrected chi connectivity index (χ4v) is 4.90. The molecule has 39 heavy (non-hydrogen) atoms. The van der Waals surface area contributed by atoms with Gasteiger partial charge in [0.15, 0.2) is 0 Å². The van der Waals surface area contributed by atoms with E-state index in [2.05, 4.69) is 109 Å². The van der Waals surface area contributed by atoms with Crippen LogP contribution in [0.2, 0.25) is 0 Å². The maximum absolute atomic E-state index is 3.93. The second-order valence-electron chi connectivity index (χ2n) is 11.0. The number of rotatable bonds is 10. The van der Waals surface area contributed by atoms with Gasteiger partial charge >= 0.3 is 0 Å². The first-order chi connectivity index (χ1) is 18.9. The van der Waals surface area contributed by atoms with Gasteiger partial charge in [0.2, 0.25) is 0 Å². The Morgan fingerprint density at radius 1 is 0.897 bits per heavy atom. The highest BCUT2D eigenvalue weighted by Gasteiger charge is 2.31. The lowest BCUT2D eigenvalue weighted by Gasteiger charge is -2.32. The highest BCUT2D eigenvalue weighted by molar-refractivity contribution is 5.29. The first-order valence-electron chi connectivity index (χ1n) is 16.6. The molecule has 3 aliphatic rings. The van der Waals surface area contributed by atoms with Crippen molar-refractivity contribution < 1.29 is 0 Å². The molecule has 1 saturated heterocycles. The third-order valence-corrected chi connectivity index (χ3v) is 7.79. The average Bonchev–Trinajstić information content (AvgIpc) is 3.30. The van der Waals surface area contributed by atoms with Crippen molar-refractivity contribution >= 4 is 0 Å². The molecule has 4 unspecified atom stereocenters. The van der Waals surface area contributed by atoms with E-state index in [4.69, 9.17) is 0 Å². The van der Waals surface area contributed by atoms with Crippen molar-refractivity contribution in [3.05, 3.63) is 72.9 Å². The summed E-state index contributed by atoms with van der Waals surface area (Å²) < 4.78 is 0. The van der Waals surface area contributed by atoms with Crippen LogP contribution < -0.4 is 0 Å². The van der Waals surface area contributed by atoms with Crippen molar-refractivity contribution in [2.45, 2.75) is 138 Å². The molecule has 0 aromatic heterocycles. The largest absolute Gasteiger partial charge is 0.303 e. The molecule has 1 heterocycles. The summed E-state index contributed by atoms with van der Waals surface area (Å²) in [6, 6.07) is 0.739. The van der Waals surface area contributed by atoms with Crippen molar-refractivity contribution in [1.82, 2.24) is 4.90 Å². The van der Waals surface area contributed by atoms with Crippen LogP contribution >= 0.6 is 0 Å². The first kappa shape index (κ1) is 39.5. The predicted octanol–water partition coefficient (Wildman–Crippen LogP) is 12.3. The van der Waals surface area contributed by atoms with E-state index in [0.717, 1.165) is 18.4 Å². The molecule has 1 nitrogen and oxygen atoms in total. The van der Waals surface area contributed by atoms with Crippen molar-refractivity contribution in [3.63, 3.8) is 0 Å². The Labute approximate surface area is 247 Å². The molecular weight excluding hydrogens is 470 g/mol. The van der Waals surface area contributed by atoms with Crippen LogP contribution in [0.1, 0.15) is 132 Å². The summed E-state index contributed by atoms with van der Waals surface area (Å²) in [5.41, 5.74) is 3.21. The van der Waals surface area contributed by atoms with Crippen LogP contribution in [0, 0.1) is 17.8 Å². The van der Waals surface area contributed by atoms with Crippen LogP contribution in [0.15, 0.2) is 72.9 Å². The Kier molecular flexibility index (Phi) is 28.3. The van der Waals surface area contributed by atoms with Gasteiger partial charge in [0.1, 0.15) is 0 Å². The van der Waals surface area contributed by atoms with E-state index in [0.29, 0.717) is 11.8 Å². The van der Waals surface area contributed by atoms with Crippen LogP contribution in [0.4, 0.5) is 0 Å². The van der Waals surface area contributed by atoms with Gasteiger partial charge < -0.3 is 4.90 Å². The maximum Gasteiger partial charge on any atom is 0.0156 e. The summed E-state index contributed by atoms with van der Waals surface area (Å²) in [4.78, 5) is 2.56. The Balaban J connectivity index is 0. The van der Waals surface area contributed by atoms with Gasteiger partial charge in [0.25, 0.3) is 0 Å². The first-order valence-corrected chi connectivity index (χ1v) is 16.6. The molecule has 0 radical (unpaired) electrons. The Morgan fingerprint density at radius 3 is 2.00 bits per heavy atom. The van der Waals surface area contributed by atoms with Crippen LogP contribution in [-0.2, 0) is 0 Å². The summed E-state index contributed by atoms with van der Waals surface area (Å²) in [5, 5.41) is 0. The fraction of sp³-hybridized carbons (Fsp3) is 0.684. The fourth-order valence-electron chi connectivity index (χ4n) is 4.90. The minimum atomic E-state index is 0.660. The summed E-state index contributed by atoms with van der Waals surface area (Å²) >= 11 is 0. The van der Waals surface area contributed by atoms with E-state index in [1.54, 1.807) is 11.1 Å². The average molecular weight is 540 g/mol. The zero-order valence-electron chi connectivity index (χ0n) is 28.0. The van der Waals surface area contributed by atoms with Crippen molar-refractivity contribution in [3.8, 4) is 0 Å². The standard InChI is InChI=1S/C22H31N.C6H12.2C4H10.C2H6/c1-4-8-19-10-5-6-12-21(19)20-11-7-9-18(15-20)16-22-17(2)13-14-23(22)3;1-3-5-6-4-2;2*1-3-4-2;1-2/h4-7,9-11,17,20-22H,1,8,12-16H2,2-3H3;3H,1,4-6H2,2H3;2*3-4H2,1-2H3;1-2H3. The van der Waals surface area contributed by atoms with Gasteiger partial charge in [-0.2, -0.15) is 0 Å². The molecule has 0 spiro atoms. The molecule has 1 aliphatic heterocycles. The van der Waals surface area contributed by atoms with Gasteiger partial charge in [-0.1, -0.05) is 154 Å². The molecular formula is C38H69N. The molecule has 1 fully saturated rings. The molecule has 0 aromatic rings. The molecule has 4 atom stereocenters. The molecule has 0 amide bonds. The molecule has 0 N–H and O–H groups in total. The molecule has 0 bridgehead atoms. The normalized spacial score (nSPS) is 23.2. The van der Waals surface area contributed by atoms with Crippen LogP contribution in [0.25, 0.3) is 0 Å². The van der Waals surface area contributed by atoms with Gasteiger partial charge in [-0.05, 0) is 69.9 Å². The second-order valence-corrected chi connectivity index (χ2v) is 11.0. The van der Waals surface area contributed by atoms with Gasteiger partial charge in [0.05, 0.1) is 0 Å². The van der Waals surface area contributed by atoms with E-state index >= 15 is 0 Å². The summed E-state index contributed by atoms with van der Waals surface area (Å²) in [6.45, 7) is 26.1. The highest BCUT2D eigenvalue weighted by Crippen LogP contribution is 2.38. The Hall–Kier alpha value is -1.60. The minimum Gasteiger partial charge on any atom is -0.303 e. The Morgan fingerprint density at radius 2 is 1.54 bits per heavy atom. The zero-order valence-corrected chi connectivity index (χ0v) is 28.0. The third kappa shape index (κ3) is 18.4. The van der Waals surface area contributed by atoms with Gasteiger partial charge in [-0.15, -0.1) is 13.2 Å². The molecule has 226 valence electrons. The lowest BCUT2D eigenvalue weighted by atomic mass is 9.74. The second kappa shape index (κ2) is 27.9. The summed E-state index contributed by atoms with van der Waals surface area (Å²) in [7, 11) is 2.29. The summed E-state index contributed by atoms with van der Waals surface area (Å²) in [6.07, 6.45) is 33.1. The SMILES string of the molecule is C=CCC1=CC=CCC1C1C=CC=C(CC2C(C)CCN2C)C1.C=CCCCC.CC.CCCC.CCCC. The van der Waals surface area contributed by atoms with E-state index in [9.17, 15) is 0 Å². The number of allylic oxidation sites excluding steroid dienone is 9. The quantitative estimate of drug-likeness (QED) is 0.197. The molecule has 0 saturated carbocycles. The number of likely N-dealkylation sites (tertiary alicyclic amines) is 1. The van der Waals surface area contributed by atoms with Crippen molar-refractivity contribution in [2.75, 3.05) is 13.6 Å². The number of hydrogen-bond donors (Lipinski definition) is 0. The predicted molar refractivity (Wildman–Crippen MR) is 183 cm³/mol. The van der Waals surface area contributed by atoms with Crippen molar-refractivity contribution in [1.29, 1.82) is 0 Å². The number of hydrogen-bond acceptors (Lipinski definition) is 1. The maximum atomic E-state index is 3.93. The van der Waals surface area contributed by atoms with Gasteiger partial charge in [-0.3, -0.25) is 0 Å². The van der Waals surface area contributed by atoms with Gasteiger partial charge in [-0.25, -0.2) is 0 Å². The minimum absolute atomic E-state index is 0.660. The zero-order chi connectivity index (χ0) is 29.9. The van der Waals surface area contributed by atoms with E-state index in [1.807, 2.05) is 19.9 Å². The van der Waals surface area contributed by atoms with E-state index < -0.39 is 0 Å². The van der Waals surface area contributed by atoms with Gasteiger partial charge in [0, 0.05) is 6.04 Å². The van der Waals surface area contributed by atoms with Crippen LogP contribution in [-0.4, -0.2) is 24.5 Å².